The summed E-state index contributed by atoms with van der Waals surface area (Å²) in [4.78, 5) is 24.5. The van der Waals surface area contributed by atoms with Gasteiger partial charge in [0.25, 0.3) is 0 Å². The molecule has 4 heteroatoms. The zero-order valence-electron chi connectivity index (χ0n) is 12.9. The zero-order valence-corrected chi connectivity index (χ0v) is 12.9. The molecule has 2 aromatic rings. The van der Waals surface area contributed by atoms with E-state index in [2.05, 4.69) is 11.4 Å². The summed E-state index contributed by atoms with van der Waals surface area (Å²) < 4.78 is 0. The summed E-state index contributed by atoms with van der Waals surface area (Å²) in [5.74, 6) is -0.899. The van der Waals surface area contributed by atoms with Gasteiger partial charge in [-0.15, -0.1) is 0 Å². The molecular weight excluding hydrogens is 288 g/mol. The van der Waals surface area contributed by atoms with Gasteiger partial charge in [0.2, 0.25) is 11.8 Å². The molecular formula is C19H20N2O2. The van der Waals surface area contributed by atoms with E-state index in [0.29, 0.717) is 5.56 Å². The van der Waals surface area contributed by atoms with E-state index in [1.165, 1.54) is 5.56 Å². The maximum atomic E-state index is 12.7. The Morgan fingerprint density at radius 3 is 2.48 bits per heavy atom. The molecule has 0 bridgehead atoms. The number of carbonyl (C=O) groups is 2. The van der Waals surface area contributed by atoms with Crippen molar-refractivity contribution in [3.8, 4) is 0 Å². The fourth-order valence-corrected chi connectivity index (χ4v) is 3.23. The molecule has 1 aliphatic rings. The molecule has 2 atom stereocenters. The fourth-order valence-electron chi connectivity index (χ4n) is 3.23. The lowest BCUT2D eigenvalue weighted by molar-refractivity contribution is -0.128. The molecule has 0 fully saturated rings. The summed E-state index contributed by atoms with van der Waals surface area (Å²) in [5.41, 5.74) is 8.47. The minimum absolute atomic E-state index is 0.134. The smallest absolute Gasteiger partial charge is 0.244 e. The monoisotopic (exact) mass is 308 g/mol. The highest BCUT2D eigenvalue weighted by molar-refractivity contribution is 5.91. The van der Waals surface area contributed by atoms with Gasteiger partial charge in [-0.05, 0) is 36.0 Å². The van der Waals surface area contributed by atoms with Gasteiger partial charge in [0, 0.05) is 0 Å². The molecule has 0 aliphatic heterocycles. The van der Waals surface area contributed by atoms with Crippen molar-refractivity contribution in [3.63, 3.8) is 0 Å². The van der Waals surface area contributed by atoms with Crippen molar-refractivity contribution in [2.45, 2.75) is 31.2 Å². The third-order valence-corrected chi connectivity index (χ3v) is 4.39. The van der Waals surface area contributed by atoms with Crippen molar-refractivity contribution in [2.75, 3.05) is 0 Å². The third-order valence-electron chi connectivity index (χ3n) is 4.39. The van der Waals surface area contributed by atoms with E-state index in [1.807, 2.05) is 36.4 Å². The summed E-state index contributed by atoms with van der Waals surface area (Å²) in [6.07, 6.45) is 2.77. The van der Waals surface area contributed by atoms with Crippen LogP contribution in [0.5, 0.6) is 0 Å². The number of carbonyl (C=O) groups excluding carboxylic acids is 2. The highest BCUT2D eigenvalue weighted by atomic mass is 16.2. The lowest BCUT2D eigenvalue weighted by Gasteiger charge is -2.26. The van der Waals surface area contributed by atoms with Gasteiger partial charge in [-0.1, -0.05) is 54.6 Å². The van der Waals surface area contributed by atoms with Crippen molar-refractivity contribution < 1.29 is 9.59 Å². The summed E-state index contributed by atoms with van der Waals surface area (Å²) in [6.45, 7) is 0. The maximum absolute atomic E-state index is 12.7. The van der Waals surface area contributed by atoms with Crippen LogP contribution < -0.4 is 11.1 Å². The van der Waals surface area contributed by atoms with E-state index in [1.54, 1.807) is 12.1 Å². The molecule has 0 saturated carbocycles. The van der Waals surface area contributed by atoms with Crippen LogP contribution in [0, 0.1) is 0 Å². The minimum Gasteiger partial charge on any atom is -0.368 e. The van der Waals surface area contributed by atoms with E-state index in [0.717, 1.165) is 24.8 Å². The first-order valence-electron chi connectivity index (χ1n) is 7.89. The SMILES string of the molecule is NC(=O)C(NC(=O)C1CCCc2ccccc21)c1ccccc1. The van der Waals surface area contributed by atoms with Crippen LogP contribution in [0.3, 0.4) is 0 Å². The van der Waals surface area contributed by atoms with Crippen molar-refractivity contribution in [3.05, 3.63) is 71.3 Å². The Kier molecular flexibility index (Phi) is 4.42. The molecule has 3 rings (SSSR count). The molecule has 0 saturated heterocycles. The van der Waals surface area contributed by atoms with Gasteiger partial charge in [0.05, 0.1) is 5.92 Å². The Morgan fingerprint density at radius 2 is 1.74 bits per heavy atom. The predicted molar refractivity (Wildman–Crippen MR) is 88.6 cm³/mol. The maximum Gasteiger partial charge on any atom is 0.244 e. The molecule has 0 radical (unpaired) electrons. The van der Waals surface area contributed by atoms with Gasteiger partial charge in [0.15, 0.2) is 0 Å². The van der Waals surface area contributed by atoms with Crippen molar-refractivity contribution in [1.29, 1.82) is 0 Å². The Morgan fingerprint density at radius 1 is 1.04 bits per heavy atom. The number of hydrogen-bond acceptors (Lipinski definition) is 2. The highest BCUT2D eigenvalue weighted by Gasteiger charge is 2.29. The molecule has 3 N–H and O–H groups in total. The van der Waals surface area contributed by atoms with E-state index < -0.39 is 11.9 Å². The zero-order chi connectivity index (χ0) is 16.2. The minimum atomic E-state index is -0.794. The van der Waals surface area contributed by atoms with Gasteiger partial charge in [-0.25, -0.2) is 0 Å². The molecule has 2 unspecified atom stereocenters. The fraction of sp³-hybridized carbons (Fsp3) is 0.263. The van der Waals surface area contributed by atoms with Crippen LogP contribution in [-0.4, -0.2) is 11.8 Å². The number of amides is 2. The van der Waals surface area contributed by atoms with E-state index in [-0.39, 0.29) is 11.8 Å². The Balaban J connectivity index is 1.82. The molecule has 2 aromatic carbocycles. The quantitative estimate of drug-likeness (QED) is 0.910. The number of primary amides is 1. The molecule has 2 amide bonds. The number of hydrogen-bond donors (Lipinski definition) is 2. The van der Waals surface area contributed by atoms with Gasteiger partial charge in [-0.3, -0.25) is 9.59 Å². The lowest BCUT2D eigenvalue weighted by Crippen LogP contribution is -2.40. The summed E-state index contributed by atoms with van der Waals surface area (Å²) in [5, 5.41) is 2.83. The molecule has 0 aromatic heterocycles. The van der Waals surface area contributed by atoms with E-state index in [4.69, 9.17) is 5.73 Å². The molecule has 0 heterocycles. The van der Waals surface area contributed by atoms with E-state index >= 15 is 0 Å². The normalized spacial score (nSPS) is 17.8. The first-order chi connectivity index (χ1) is 11.2. The van der Waals surface area contributed by atoms with Gasteiger partial charge >= 0.3 is 0 Å². The standard InChI is InChI=1S/C19H20N2O2/c20-18(22)17(14-8-2-1-3-9-14)21-19(23)16-12-6-10-13-7-4-5-11-15(13)16/h1-5,7-9,11,16-17H,6,10,12H2,(H2,20,22)(H,21,23). The van der Waals surface area contributed by atoms with Crippen LogP contribution in [-0.2, 0) is 16.0 Å². The number of fused-ring (bicyclic) bond motifs is 1. The Hall–Kier alpha value is -2.62. The third kappa shape index (κ3) is 3.26. The second-order valence-electron chi connectivity index (χ2n) is 5.90. The highest BCUT2D eigenvalue weighted by Crippen LogP contribution is 2.32. The number of nitrogens with two attached hydrogens (primary N) is 1. The van der Waals surface area contributed by atoms with Crippen molar-refractivity contribution in [1.82, 2.24) is 5.32 Å². The largest absolute Gasteiger partial charge is 0.368 e. The molecule has 4 nitrogen and oxygen atoms in total. The average molecular weight is 308 g/mol. The Bertz CT molecular complexity index is 712. The van der Waals surface area contributed by atoms with Crippen molar-refractivity contribution >= 4 is 11.8 Å². The predicted octanol–water partition coefficient (Wildman–Crippen LogP) is 2.45. The van der Waals surface area contributed by atoms with Gasteiger partial charge in [-0.2, -0.15) is 0 Å². The first kappa shape index (κ1) is 15.3. The summed E-state index contributed by atoms with van der Waals surface area (Å²) in [6, 6.07) is 16.3. The summed E-state index contributed by atoms with van der Waals surface area (Å²) >= 11 is 0. The number of nitrogens with one attached hydrogen (secondary N) is 1. The molecule has 118 valence electrons. The van der Waals surface area contributed by atoms with Gasteiger partial charge < -0.3 is 11.1 Å². The van der Waals surface area contributed by atoms with Crippen LogP contribution in [0.25, 0.3) is 0 Å². The Labute approximate surface area is 135 Å². The summed E-state index contributed by atoms with van der Waals surface area (Å²) in [7, 11) is 0. The molecule has 1 aliphatic carbocycles. The average Bonchev–Trinajstić information content (AvgIpc) is 2.59. The second kappa shape index (κ2) is 6.65. The second-order valence-corrected chi connectivity index (χ2v) is 5.90. The number of benzene rings is 2. The topological polar surface area (TPSA) is 72.2 Å². The van der Waals surface area contributed by atoms with E-state index in [9.17, 15) is 9.59 Å². The van der Waals surface area contributed by atoms with Crippen molar-refractivity contribution in [2.24, 2.45) is 5.73 Å². The van der Waals surface area contributed by atoms with Crippen LogP contribution >= 0.6 is 0 Å². The van der Waals surface area contributed by atoms with Gasteiger partial charge in [0.1, 0.15) is 6.04 Å². The lowest BCUT2D eigenvalue weighted by atomic mass is 9.82. The van der Waals surface area contributed by atoms with Crippen LogP contribution in [0.4, 0.5) is 0 Å². The number of rotatable bonds is 4. The molecule has 23 heavy (non-hydrogen) atoms. The van der Waals surface area contributed by atoms with Crippen LogP contribution in [0.1, 0.15) is 41.5 Å². The number of aryl methyl sites for hydroxylation is 1. The molecule has 0 spiro atoms. The van der Waals surface area contributed by atoms with Crippen LogP contribution in [0.15, 0.2) is 54.6 Å². The van der Waals surface area contributed by atoms with Crippen LogP contribution in [0.2, 0.25) is 0 Å². The first-order valence-corrected chi connectivity index (χ1v) is 7.89.